The first kappa shape index (κ1) is 10.1. The van der Waals surface area contributed by atoms with Crippen molar-refractivity contribution in [2.24, 2.45) is 0 Å². The van der Waals surface area contributed by atoms with E-state index >= 15 is 0 Å². The van der Waals surface area contributed by atoms with Crippen molar-refractivity contribution in [3.8, 4) is 0 Å². The highest BCUT2D eigenvalue weighted by Gasteiger charge is 2.36. The first-order valence-electron chi connectivity index (χ1n) is 5.11. The second-order valence-electron chi connectivity index (χ2n) is 3.67. The van der Waals surface area contributed by atoms with Crippen LogP contribution in [0.15, 0.2) is 24.4 Å². The van der Waals surface area contributed by atoms with Crippen molar-refractivity contribution in [2.75, 3.05) is 13.1 Å². The highest BCUT2D eigenvalue weighted by atomic mass is 16.5. The Labute approximate surface area is 88.7 Å². The van der Waals surface area contributed by atoms with Crippen LogP contribution in [-0.2, 0) is 15.1 Å². The minimum atomic E-state index is -0.520. The van der Waals surface area contributed by atoms with Gasteiger partial charge in [0.15, 0.2) is 5.60 Å². The summed E-state index contributed by atoms with van der Waals surface area (Å²) >= 11 is 0. The summed E-state index contributed by atoms with van der Waals surface area (Å²) in [5.74, 6) is 0. The number of nitrogens with one attached hydrogen (secondary N) is 1. The largest absolute Gasteiger partial charge is 0.455 e. The van der Waals surface area contributed by atoms with Crippen molar-refractivity contribution < 1.29 is 9.53 Å². The fraction of sp³-hybridized carbons (Fsp3) is 0.455. The molecule has 0 aromatic carbocycles. The van der Waals surface area contributed by atoms with Gasteiger partial charge in [-0.1, -0.05) is 6.07 Å². The summed E-state index contributed by atoms with van der Waals surface area (Å²) in [6.07, 6.45) is 3.29. The molecule has 1 aromatic heterocycles. The molecule has 0 bridgehead atoms. The lowest BCUT2D eigenvalue weighted by Crippen LogP contribution is -2.42. The molecular formula is C11H14N2O2. The number of rotatable bonds is 3. The number of carbonyl (C=O) groups excluding carboxylic acids is 1. The van der Waals surface area contributed by atoms with Gasteiger partial charge in [0.1, 0.15) is 0 Å². The van der Waals surface area contributed by atoms with Crippen LogP contribution in [0.25, 0.3) is 0 Å². The Bertz CT molecular complexity index is 321. The average molecular weight is 206 g/mol. The zero-order chi connectivity index (χ0) is 10.6. The molecule has 0 aliphatic carbocycles. The summed E-state index contributed by atoms with van der Waals surface area (Å²) in [5.41, 5.74) is 0.326. The van der Waals surface area contributed by atoms with Crippen LogP contribution >= 0.6 is 0 Å². The fourth-order valence-corrected chi connectivity index (χ4v) is 1.99. The van der Waals surface area contributed by atoms with Crippen LogP contribution in [0.5, 0.6) is 0 Å². The van der Waals surface area contributed by atoms with Gasteiger partial charge in [0.05, 0.1) is 5.69 Å². The predicted octanol–water partition coefficient (Wildman–Crippen LogP) is 0.833. The predicted molar refractivity (Wildman–Crippen MR) is 55.2 cm³/mol. The van der Waals surface area contributed by atoms with Crippen molar-refractivity contribution in [1.29, 1.82) is 0 Å². The second kappa shape index (κ2) is 4.40. The lowest BCUT2D eigenvalue weighted by molar-refractivity contribution is -0.148. The standard InChI is InChI=1S/C11H14N2O2/c14-9-15-11(4-7-12-8-5-11)10-3-1-2-6-13-10/h1-3,6,9,12H,4-5,7-8H2. The van der Waals surface area contributed by atoms with Gasteiger partial charge >= 0.3 is 0 Å². The topological polar surface area (TPSA) is 51.2 Å². The van der Waals surface area contributed by atoms with E-state index in [1.54, 1.807) is 6.20 Å². The molecule has 0 unspecified atom stereocenters. The first-order valence-corrected chi connectivity index (χ1v) is 5.11. The van der Waals surface area contributed by atoms with Gasteiger partial charge in [-0.25, -0.2) is 0 Å². The molecule has 1 aromatic rings. The Balaban J connectivity index is 2.29. The molecule has 0 amide bonds. The third-order valence-electron chi connectivity index (χ3n) is 2.82. The van der Waals surface area contributed by atoms with Crippen LogP contribution in [-0.4, -0.2) is 24.5 Å². The lowest BCUT2D eigenvalue weighted by Gasteiger charge is -2.35. The molecule has 2 rings (SSSR count). The summed E-state index contributed by atoms with van der Waals surface area (Å²) in [6.45, 7) is 2.23. The monoisotopic (exact) mass is 206 g/mol. The Morgan fingerprint density at radius 2 is 2.20 bits per heavy atom. The Kier molecular flexibility index (Phi) is 2.97. The maximum Gasteiger partial charge on any atom is 0.294 e. The van der Waals surface area contributed by atoms with Crippen molar-refractivity contribution in [2.45, 2.75) is 18.4 Å². The van der Waals surface area contributed by atoms with Gasteiger partial charge in [-0.05, 0) is 25.2 Å². The van der Waals surface area contributed by atoms with Crippen LogP contribution < -0.4 is 5.32 Å². The molecule has 0 saturated carbocycles. The van der Waals surface area contributed by atoms with E-state index in [1.807, 2.05) is 18.2 Å². The molecule has 4 nitrogen and oxygen atoms in total. The minimum absolute atomic E-state index is 0.520. The first-order chi connectivity index (χ1) is 7.37. The van der Waals surface area contributed by atoms with Crippen LogP contribution in [0.2, 0.25) is 0 Å². The van der Waals surface area contributed by atoms with Gasteiger partial charge in [0.2, 0.25) is 0 Å². The van der Waals surface area contributed by atoms with E-state index in [2.05, 4.69) is 10.3 Å². The zero-order valence-electron chi connectivity index (χ0n) is 8.48. The molecule has 0 atom stereocenters. The summed E-state index contributed by atoms with van der Waals surface area (Å²) in [4.78, 5) is 14.9. The van der Waals surface area contributed by atoms with Gasteiger partial charge in [0, 0.05) is 19.0 Å². The van der Waals surface area contributed by atoms with Crippen molar-refractivity contribution in [3.63, 3.8) is 0 Å². The van der Waals surface area contributed by atoms with E-state index in [0.717, 1.165) is 31.6 Å². The van der Waals surface area contributed by atoms with E-state index in [9.17, 15) is 4.79 Å². The molecule has 80 valence electrons. The second-order valence-corrected chi connectivity index (χ2v) is 3.67. The van der Waals surface area contributed by atoms with Crippen LogP contribution in [0, 0.1) is 0 Å². The molecule has 1 aliphatic heterocycles. The summed E-state index contributed by atoms with van der Waals surface area (Å²) in [5, 5.41) is 3.24. The van der Waals surface area contributed by atoms with E-state index < -0.39 is 5.60 Å². The number of aromatic nitrogens is 1. The molecule has 1 saturated heterocycles. The minimum Gasteiger partial charge on any atom is -0.455 e. The molecule has 15 heavy (non-hydrogen) atoms. The number of nitrogens with zero attached hydrogens (tertiary/aromatic N) is 1. The van der Waals surface area contributed by atoms with Gasteiger partial charge in [-0.3, -0.25) is 9.78 Å². The molecule has 4 heteroatoms. The Hall–Kier alpha value is -1.42. The SMILES string of the molecule is O=COC1(c2ccccn2)CCNCC1. The number of hydrogen-bond acceptors (Lipinski definition) is 4. The Morgan fingerprint density at radius 3 is 2.80 bits per heavy atom. The summed E-state index contributed by atoms with van der Waals surface area (Å²) in [6, 6.07) is 5.69. The molecule has 1 N–H and O–H groups in total. The number of carbonyl (C=O) groups is 1. The fourth-order valence-electron chi connectivity index (χ4n) is 1.99. The third kappa shape index (κ3) is 1.99. The van der Waals surface area contributed by atoms with Crippen molar-refractivity contribution in [1.82, 2.24) is 10.3 Å². The maximum absolute atomic E-state index is 10.6. The molecular weight excluding hydrogens is 192 g/mol. The van der Waals surface area contributed by atoms with E-state index in [-0.39, 0.29) is 0 Å². The number of ether oxygens (including phenoxy) is 1. The molecule has 1 fully saturated rings. The normalized spacial score (nSPS) is 19.5. The number of piperidine rings is 1. The molecule has 0 radical (unpaired) electrons. The smallest absolute Gasteiger partial charge is 0.294 e. The molecule has 1 aliphatic rings. The van der Waals surface area contributed by atoms with Crippen molar-refractivity contribution in [3.05, 3.63) is 30.1 Å². The maximum atomic E-state index is 10.6. The summed E-state index contributed by atoms with van der Waals surface area (Å²) in [7, 11) is 0. The van der Waals surface area contributed by atoms with Crippen molar-refractivity contribution >= 4 is 6.47 Å². The number of pyridine rings is 1. The van der Waals surface area contributed by atoms with Gasteiger partial charge in [-0.15, -0.1) is 0 Å². The van der Waals surface area contributed by atoms with E-state index in [0.29, 0.717) is 6.47 Å². The highest BCUT2D eigenvalue weighted by Crippen LogP contribution is 2.32. The van der Waals surface area contributed by atoms with Crippen LogP contribution in [0.4, 0.5) is 0 Å². The Morgan fingerprint density at radius 1 is 1.40 bits per heavy atom. The molecule has 2 heterocycles. The van der Waals surface area contributed by atoms with Crippen LogP contribution in [0.3, 0.4) is 0 Å². The summed E-state index contributed by atoms with van der Waals surface area (Å²) < 4.78 is 5.27. The number of hydrogen-bond donors (Lipinski definition) is 1. The van der Waals surface area contributed by atoms with Gasteiger partial charge in [-0.2, -0.15) is 0 Å². The molecule has 0 spiro atoms. The average Bonchev–Trinajstić information content (AvgIpc) is 2.32. The van der Waals surface area contributed by atoms with E-state index in [4.69, 9.17) is 4.74 Å². The van der Waals surface area contributed by atoms with Gasteiger partial charge < -0.3 is 10.1 Å². The third-order valence-corrected chi connectivity index (χ3v) is 2.82. The quantitative estimate of drug-likeness (QED) is 0.744. The van der Waals surface area contributed by atoms with Crippen LogP contribution in [0.1, 0.15) is 18.5 Å². The zero-order valence-corrected chi connectivity index (χ0v) is 8.48. The highest BCUT2D eigenvalue weighted by molar-refractivity contribution is 5.39. The van der Waals surface area contributed by atoms with Gasteiger partial charge in [0.25, 0.3) is 6.47 Å². The lowest BCUT2D eigenvalue weighted by atomic mass is 9.88. The van der Waals surface area contributed by atoms with E-state index in [1.165, 1.54) is 0 Å².